The third-order valence-corrected chi connectivity index (χ3v) is 1.63. The van der Waals surface area contributed by atoms with Gasteiger partial charge in [0.05, 0.1) is 4.47 Å². The summed E-state index contributed by atoms with van der Waals surface area (Å²) in [5.41, 5.74) is -1.70. The van der Waals surface area contributed by atoms with Crippen LogP contribution in [0.3, 0.4) is 0 Å². The van der Waals surface area contributed by atoms with Gasteiger partial charge in [0.25, 0.3) is 0 Å². The molecule has 1 unspecified atom stereocenters. The topological polar surface area (TPSA) is 42.4 Å². The van der Waals surface area contributed by atoms with E-state index >= 15 is 0 Å². The van der Waals surface area contributed by atoms with Gasteiger partial charge in [-0.3, -0.25) is 0 Å². The van der Waals surface area contributed by atoms with E-state index in [0.29, 0.717) is 4.47 Å². The molecular formula is C7H7BBrNO2. The van der Waals surface area contributed by atoms with Gasteiger partial charge >= 0.3 is 0 Å². The molecule has 0 amide bonds. The molecule has 1 N–H and O–H groups in total. The maximum absolute atomic E-state index is 9.09. The van der Waals surface area contributed by atoms with E-state index in [1.807, 2.05) is 0 Å². The van der Waals surface area contributed by atoms with E-state index in [1.54, 1.807) is 18.3 Å². The fourth-order valence-electron chi connectivity index (χ4n) is 0.642. The molecule has 0 saturated heterocycles. The van der Waals surface area contributed by atoms with Crippen LogP contribution in [0.4, 0.5) is 0 Å². The van der Waals surface area contributed by atoms with Crippen molar-refractivity contribution in [2.24, 2.45) is 0 Å². The van der Waals surface area contributed by atoms with Gasteiger partial charge in [-0.05, 0) is 35.0 Å². The minimum atomic E-state index is -1.70. The van der Waals surface area contributed by atoms with E-state index < -0.39 is 5.69 Å². The van der Waals surface area contributed by atoms with E-state index in [1.165, 1.54) is 6.92 Å². The Kier molecular flexibility index (Phi) is 2.74. The third kappa shape index (κ3) is 2.83. The molecule has 3 nitrogen and oxygen atoms in total. The number of rotatable bonds is 2. The Morgan fingerprint density at radius 3 is 2.92 bits per heavy atom. The van der Waals surface area contributed by atoms with E-state index in [0.717, 1.165) is 0 Å². The first kappa shape index (κ1) is 9.54. The van der Waals surface area contributed by atoms with Gasteiger partial charge in [0, 0.05) is 6.20 Å². The molecule has 0 aliphatic rings. The van der Waals surface area contributed by atoms with Crippen LogP contribution in [-0.4, -0.2) is 23.6 Å². The van der Waals surface area contributed by atoms with Crippen LogP contribution in [0.5, 0.6) is 5.88 Å². The highest BCUT2D eigenvalue weighted by Gasteiger charge is 2.15. The molecule has 1 aromatic heterocycles. The highest BCUT2D eigenvalue weighted by Crippen LogP contribution is 2.22. The number of aromatic nitrogens is 1. The maximum Gasteiger partial charge on any atom is 0.229 e. The Balaban J connectivity index is 2.83. The van der Waals surface area contributed by atoms with Crippen molar-refractivity contribution in [2.45, 2.75) is 12.6 Å². The largest absolute Gasteiger partial charge is 0.455 e. The molecule has 1 atom stereocenters. The summed E-state index contributed by atoms with van der Waals surface area (Å²) < 4.78 is 5.56. The van der Waals surface area contributed by atoms with Crippen molar-refractivity contribution in [1.82, 2.24) is 4.98 Å². The van der Waals surface area contributed by atoms with Crippen LogP contribution in [0, 0.1) is 0 Å². The van der Waals surface area contributed by atoms with Crippen LogP contribution in [0.1, 0.15) is 6.92 Å². The Bertz CT molecular complexity index is 274. The predicted molar refractivity (Wildman–Crippen MR) is 48.9 cm³/mol. The summed E-state index contributed by atoms with van der Waals surface area (Å²) in [6.07, 6.45) is 1.55. The summed E-state index contributed by atoms with van der Waals surface area (Å²) in [7, 11) is 5.21. The van der Waals surface area contributed by atoms with Gasteiger partial charge in [-0.25, -0.2) is 4.98 Å². The molecule has 0 aliphatic heterocycles. The Morgan fingerprint density at radius 2 is 2.42 bits per heavy atom. The zero-order chi connectivity index (χ0) is 9.19. The van der Waals surface area contributed by atoms with Crippen LogP contribution >= 0.6 is 15.9 Å². The number of pyridine rings is 1. The average molecular weight is 228 g/mol. The summed E-state index contributed by atoms with van der Waals surface area (Å²) in [5, 5.41) is 9.09. The summed E-state index contributed by atoms with van der Waals surface area (Å²) in [6.45, 7) is 1.33. The van der Waals surface area contributed by atoms with Gasteiger partial charge in [0.15, 0.2) is 13.5 Å². The number of hydrogen-bond acceptors (Lipinski definition) is 3. The SMILES string of the molecule is [B]C(C)(O)Oc1ncccc1Br. The van der Waals surface area contributed by atoms with Crippen molar-refractivity contribution in [2.75, 3.05) is 0 Å². The molecule has 0 saturated carbocycles. The molecule has 0 spiro atoms. The van der Waals surface area contributed by atoms with Crippen molar-refractivity contribution in [3.05, 3.63) is 22.8 Å². The minimum absolute atomic E-state index is 0.269. The van der Waals surface area contributed by atoms with Crippen LogP contribution in [0.2, 0.25) is 0 Å². The lowest BCUT2D eigenvalue weighted by atomic mass is 9.97. The first-order valence-electron chi connectivity index (χ1n) is 3.30. The lowest BCUT2D eigenvalue weighted by Crippen LogP contribution is -2.32. The maximum atomic E-state index is 9.09. The van der Waals surface area contributed by atoms with E-state index in [-0.39, 0.29) is 5.88 Å². The lowest BCUT2D eigenvalue weighted by Gasteiger charge is -2.19. The Hall–Kier alpha value is -0.545. The number of aliphatic hydroxyl groups is 1. The Morgan fingerprint density at radius 1 is 1.75 bits per heavy atom. The number of ether oxygens (including phenoxy) is 1. The number of hydrogen-bond donors (Lipinski definition) is 1. The molecule has 62 valence electrons. The van der Waals surface area contributed by atoms with Crippen LogP contribution in [0.25, 0.3) is 0 Å². The summed E-state index contributed by atoms with van der Waals surface area (Å²) in [4.78, 5) is 3.85. The molecule has 1 rings (SSSR count). The predicted octanol–water partition coefficient (Wildman–Crippen LogP) is 1.06. The van der Waals surface area contributed by atoms with Gasteiger partial charge in [0.1, 0.15) is 0 Å². The molecule has 2 radical (unpaired) electrons. The third-order valence-electron chi connectivity index (χ3n) is 1.03. The van der Waals surface area contributed by atoms with Gasteiger partial charge in [-0.2, -0.15) is 0 Å². The summed E-state index contributed by atoms with van der Waals surface area (Å²) in [6, 6.07) is 3.48. The molecule has 0 bridgehead atoms. The van der Waals surface area contributed by atoms with Gasteiger partial charge < -0.3 is 9.84 Å². The van der Waals surface area contributed by atoms with Crippen LogP contribution < -0.4 is 4.74 Å². The second-order valence-corrected chi connectivity index (χ2v) is 3.30. The van der Waals surface area contributed by atoms with Crippen molar-refractivity contribution in [3.63, 3.8) is 0 Å². The molecule has 12 heavy (non-hydrogen) atoms. The summed E-state index contributed by atoms with van der Waals surface area (Å²) >= 11 is 3.19. The molecule has 1 heterocycles. The molecule has 0 aliphatic carbocycles. The minimum Gasteiger partial charge on any atom is -0.455 e. The van der Waals surface area contributed by atoms with Crippen molar-refractivity contribution in [1.29, 1.82) is 0 Å². The first-order valence-corrected chi connectivity index (χ1v) is 4.09. The second-order valence-electron chi connectivity index (χ2n) is 2.45. The number of nitrogens with zero attached hydrogens (tertiary/aromatic N) is 1. The summed E-state index contributed by atoms with van der Waals surface area (Å²) in [5.74, 6) is 0.269. The quantitative estimate of drug-likeness (QED) is 0.607. The van der Waals surface area contributed by atoms with Crippen LogP contribution in [0.15, 0.2) is 22.8 Å². The molecule has 1 aromatic rings. The normalized spacial score (nSPS) is 15.2. The van der Waals surface area contributed by atoms with Gasteiger partial charge in [-0.15, -0.1) is 0 Å². The average Bonchev–Trinajstić information content (AvgIpc) is 1.91. The molecule has 0 fully saturated rings. The molecule has 5 heteroatoms. The first-order chi connectivity index (χ1) is 5.49. The highest BCUT2D eigenvalue weighted by atomic mass is 79.9. The van der Waals surface area contributed by atoms with Crippen molar-refractivity contribution < 1.29 is 9.84 Å². The standard InChI is InChI=1S/C7H7BBrNO2/c1-7(8,11)12-6-5(9)3-2-4-10-6/h2-4,11H,1H3. The van der Waals surface area contributed by atoms with Crippen molar-refractivity contribution in [3.8, 4) is 5.88 Å². The monoisotopic (exact) mass is 227 g/mol. The zero-order valence-corrected chi connectivity index (χ0v) is 8.08. The van der Waals surface area contributed by atoms with Crippen LogP contribution in [-0.2, 0) is 0 Å². The fraction of sp³-hybridized carbons (Fsp3) is 0.286. The smallest absolute Gasteiger partial charge is 0.229 e. The Labute approximate surface area is 80.3 Å². The van der Waals surface area contributed by atoms with E-state index in [9.17, 15) is 0 Å². The van der Waals surface area contributed by atoms with Gasteiger partial charge in [0.2, 0.25) is 5.88 Å². The van der Waals surface area contributed by atoms with Gasteiger partial charge in [-0.1, -0.05) is 0 Å². The fourth-order valence-corrected chi connectivity index (χ4v) is 0.978. The van der Waals surface area contributed by atoms with E-state index in [2.05, 4.69) is 20.9 Å². The molecule has 0 aromatic carbocycles. The zero-order valence-electron chi connectivity index (χ0n) is 6.49. The highest BCUT2D eigenvalue weighted by molar-refractivity contribution is 9.10. The van der Waals surface area contributed by atoms with E-state index in [4.69, 9.17) is 17.7 Å². The lowest BCUT2D eigenvalue weighted by molar-refractivity contribution is -0.0484. The number of halogens is 1. The molecular weight excluding hydrogens is 221 g/mol. The second kappa shape index (κ2) is 3.45. The van der Waals surface area contributed by atoms with Crippen molar-refractivity contribution >= 4 is 23.8 Å².